The summed E-state index contributed by atoms with van der Waals surface area (Å²) in [6.07, 6.45) is -3.60. The number of halogens is 2. The maximum Gasteiger partial charge on any atom is 0.586 e. The fraction of sp³-hybridized carbons (Fsp3) is 0.400. The smallest absolute Gasteiger partial charge is 0.487 e. The van der Waals surface area contributed by atoms with Gasteiger partial charge in [-0.05, 0) is 19.2 Å². The van der Waals surface area contributed by atoms with Gasteiger partial charge < -0.3 is 19.5 Å². The summed E-state index contributed by atoms with van der Waals surface area (Å²) in [5, 5.41) is 3.02. The molecule has 0 bridgehead atoms. The van der Waals surface area contributed by atoms with Crippen LogP contribution in [0.25, 0.3) is 0 Å². The van der Waals surface area contributed by atoms with E-state index in [4.69, 9.17) is 4.74 Å². The molecule has 86 valence electrons. The second-order valence-corrected chi connectivity index (χ2v) is 3.63. The fourth-order valence-electron chi connectivity index (χ4n) is 1.92. The first-order valence-corrected chi connectivity index (χ1v) is 4.83. The van der Waals surface area contributed by atoms with Crippen LogP contribution in [0.3, 0.4) is 0 Å². The molecule has 0 saturated heterocycles. The normalized spacial score (nSPS) is 24.1. The predicted octanol–water partition coefficient (Wildman–Crippen LogP) is 1.66. The first-order valence-electron chi connectivity index (χ1n) is 4.83. The lowest BCUT2D eigenvalue weighted by Crippen LogP contribution is -2.26. The highest BCUT2D eigenvalue weighted by molar-refractivity contribution is 5.59. The summed E-state index contributed by atoms with van der Waals surface area (Å²) in [6.45, 7) is 0.400. The third kappa shape index (κ3) is 1.23. The van der Waals surface area contributed by atoms with Gasteiger partial charge in [0.1, 0.15) is 6.61 Å². The Hall–Kier alpha value is -1.56. The molecule has 6 heteroatoms. The highest BCUT2D eigenvalue weighted by Crippen LogP contribution is 2.51. The van der Waals surface area contributed by atoms with Gasteiger partial charge in [0.2, 0.25) is 5.75 Å². The zero-order chi connectivity index (χ0) is 11.3. The summed E-state index contributed by atoms with van der Waals surface area (Å²) in [4.78, 5) is 0. The van der Waals surface area contributed by atoms with Crippen LogP contribution in [0.4, 0.5) is 8.78 Å². The topological polar surface area (TPSA) is 39.7 Å². The van der Waals surface area contributed by atoms with Gasteiger partial charge in [0.05, 0.1) is 6.04 Å². The highest BCUT2D eigenvalue weighted by atomic mass is 19.3. The quantitative estimate of drug-likeness (QED) is 0.795. The highest BCUT2D eigenvalue weighted by Gasteiger charge is 2.46. The Bertz CT molecular complexity index is 450. The Morgan fingerprint density at radius 1 is 1.31 bits per heavy atom. The van der Waals surface area contributed by atoms with Crippen LogP contribution < -0.4 is 19.5 Å². The van der Waals surface area contributed by atoms with E-state index in [9.17, 15) is 8.78 Å². The maximum atomic E-state index is 12.9. The molecule has 0 aliphatic carbocycles. The van der Waals surface area contributed by atoms with Gasteiger partial charge in [0.25, 0.3) is 0 Å². The van der Waals surface area contributed by atoms with E-state index in [0.29, 0.717) is 12.4 Å². The molecule has 1 aromatic carbocycles. The molecule has 0 radical (unpaired) electrons. The van der Waals surface area contributed by atoms with Crippen molar-refractivity contribution < 1.29 is 23.0 Å². The van der Waals surface area contributed by atoms with Gasteiger partial charge in [-0.25, -0.2) is 0 Å². The number of ether oxygens (including phenoxy) is 3. The van der Waals surface area contributed by atoms with E-state index in [0.717, 1.165) is 5.56 Å². The number of alkyl halides is 2. The number of benzene rings is 1. The maximum absolute atomic E-state index is 12.9. The number of fused-ring (bicyclic) bond motifs is 3. The fourth-order valence-corrected chi connectivity index (χ4v) is 1.92. The minimum absolute atomic E-state index is 0.00174. The molecule has 2 heterocycles. The van der Waals surface area contributed by atoms with Crippen LogP contribution in [-0.2, 0) is 0 Å². The van der Waals surface area contributed by atoms with Crippen LogP contribution >= 0.6 is 0 Å². The molecule has 0 saturated carbocycles. The van der Waals surface area contributed by atoms with Crippen molar-refractivity contribution in [1.82, 2.24) is 5.32 Å². The average Bonchev–Trinajstić information content (AvgIpc) is 2.75. The number of nitrogens with one attached hydrogen (secondary N) is 1. The number of rotatable bonds is 1. The van der Waals surface area contributed by atoms with Gasteiger partial charge >= 0.3 is 6.29 Å². The Morgan fingerprint density at radius 3 is 2.88 bits per heavy atom. The lowest BCUT2D eigenvalue weighted by Gasteiger charge is -2.06. The van der Waals surface area contributed by atoms with Crippen LogP contribution in [0.1, 0.15) is 11.6 Å². The summed E-state index contributed by atoms with van der Waals surface area (Å²) >= 11 is 0. The van der Waals surface area contributed by atoms with E-state index >= 15 is 0 Å². The standard InChI is InChI=1S/C10H9F2NO3/c1-13-6-4-14-8-5(6)2-3-7-9(8)16-10(11,12)15-7/h2-3,6,13H,4H2,1H3. The van der Waals surface area contributed by atoms with Crippen LogP contribution in [0.2, 0.25) is 0 Å². The monoisotopic (exact) mass is 229 g/mol. The summed E-state index contributed by atoms with van der Waals surface area (Å²) < 4.78 is 39.8. The van der Waals surface area contributed by atoms with Crippen molar-refractivity contribution in [1.29, 1.82) is 0 Å². The Balaban J connectivity index is 2.08. The molecule has 4 nitrogen and oxygen atoms in total. The molecule has 2 aliphatic heterocycles. The summed E-state index contributed by atoms with van der Waals surface area (Å²) in [5.41, 5.74) is 0.808. The van der Waals surface area contributed by atoms with Crippen LogP contribution in [0.15, 0.2) is 12.1 Å². The van der Waals surface area contributed by atoms with Crippen molar-refractivity contribution in [2.24, 2.45) is 0 Å². The number of hydrogen-bond acceptors (Lipinski definition) is 4. The zero-order valence-electron chi connectivity index (χ0n) is 8.42. The van der Waals surface area contributed by atoms with Crippen molar-refractivity contribution >= 4 is 0 Å². The van der Waals surface area contributed by atoms with E-state index in [1.54, 1.807) is 13.1 Å². The molecule has 1 aromatic rings. The predicted molar refractivity (Wildman–Crippen MR) is 49.9 cm³/mol. The van der Waals surface area contributed by atoms with E-state index in [1.807, 2.05) is 0 Å². The third-order valence-electron chi connectivity index (χ3n) is 2.67. The Kier molecular flexibility index (Phi) is 1.79. The van der Waals surface area contributed by atoms with Gasteiger partial charge in [-0.15, -0.1) is 8.78 Å². The molecule has 0 aromatic heterocycles. The van der Waals surface area contributed by atoms with Crippen molar-refractivity contribution in [3.63, 3.8) is 0 Å². The van der Waals surface area contributed by atoms with E-state index in [-0.39, 0.29) is 17.5 Å². The van der Waals surface area contributed by atoms with Gasteiger partial charge in [0.15, 0.2) is 11.5 Å². The van der Waals surface area contributed by atoms with Crippen molar-refractivity contribution in [3.05, 3.63) is 17.7 Å². The largest absolute Gasteiger partial charge is 0.586 e. The molecular formula is C10H9F2NO3. The molecular weight excluding hydrogens is 220 g/mol. The minimum atomic E-state index is -3.60. The Labute approximate surface area is 90.1 Å². The summed E-state index contributed by atoms with van der Waals surface area (Å²) in [7, 11) is 1.78. The minimum Gasteiger partial charge on any atom is -0.487 e. The van der Waals surface area contributed by atoms with Crippen molar-refractivity contribution in [3.8, 4) is 17.2 Å². The zero-order valence-corrected chi connectivity index (χ0v) is 8.42. The van der Waals surface area contributed by atoms with E-state index < -0.39 is 6.29 Å². The lowest BCUT2D eigenvalue weighted by atomic mass is 10.1. The van der Waals surface area contributed by atoms with Gasteiger partial charge in [0, 0.05) is 5.56 Å². The molecule has 1 atom stereocenters. The van der Waals surface area contributed by atoms with Gasteiger partial charge in [-0.2, -0.15) is 0 Å². The summed E-state index contributed by atoms with van der Waals surface area (Å²) in [5.74, 6) is 0.342. The molecule has 0 fully saturated rings. The number of likely N-dealkylation sites (N-methyl/N-ethyl adjacent to an activating group) is 1. The van der Waals surface area contributed by atoms with Crippen LogP contribution in [0.5, 0.6) is 17.2 Å². The van der Waals surface area contributed by atoms with Gasteiger partial charge in [-0.3, -0.25) is 0 Å². The molecule has 2 aliphatic rings. The summed E-state index contributed by atoms with van der Waals surface area (Å²) in [6, 6.07) is 3.17. The van der Waals surface area contributed by atoms with E-state index in [1.165, 1.54) is 6.07 Å². The first kappa shape index (κ1) is 9.65. The Morgan fingerprint density at radius 2 is 2.12 bits per heavy atom. The lowest BCUT2D eigenvalue weighted by molar-refractivity contribution is -0.287. The molecule has 1 N–H and O–H groups in total. The molecule has 0 spiro atoms. The first-order chi connectivity index (χ1) is 7.61. The van der Waals surface area contributed by atoms with Crippen molar-refractivity contribution in [2.75, 3.05) is 13.7 Å². The second kappa shape index (κ2) is 2.98. The average molecular weight is 229 g/mol. The third-order valence-corrected chi connectivity index (χ3v) is 2.67. The van der Waals surface area contributed by atoms with Crippen molar-refractivity contribution in [2.45, 2.75) is 12.3 Å². The molecule has 3 rings (SSSR count). The van der Waals surface area contributed by atoms with Crippen LogP contribution in [-0.4, -0.2) is 19.9 Å². The second-order valence-electron chi connectivity index (χ2n) is 3.63. The van der Waals surface area contributed by atoms with Crippen LogP contribution in [0, 0.1) is 0 Å². The SMILES string of the molecule is CNC1COc2c1ccc1c2OC(F)(F)O1. The molecule has 16 heavy (non-hydrogen) atoms. The van der Waals surface area contributed by atoms with Gasteiger partial charge in [-0.1, -0.05) is 0 Å². The molecule has 1 unspecified atom stereocenters. The van der Waals surface area contributed by atoms with E-state index in [2.05, 4.69) is 14.8 Å². The molecule has 0 amide bonds. The number of hydrogen-bond donors (Lipinski definition) is 1.